The van der Waals surface area contributed by atoms with Gasteiger partial charge >= 0.3 is 0 Å². The van der Waals surface area contributed by atoms with E-state index in [0.29, 0.717) is 35.3 Å². The molecule has 7 nitrogen and oxygen atoms in total. The fourth-order valence-electron chi connectivity index (χ4n) is 2.98. The van der Waals surface area contributed by atoms with Crippen LogP contribution in [0.1, 0.15) is 12.5 Å². The zero-order chi connectivity index (χ0) is 22.2. The molecular weight excluding hydrogens is 414 g/mol. The van der Waals surface area contributed by atoms with E-state index >= 15 is 0 Å². The lowest BCUT2D eigenvalue weighted by molar-refractivity contribution is -0.120. The van der Waals surface area contributed by atoms with Crippen molar-refractivity contribution >= 4 is 17.7 Å². The quantitative estimate of drug-likeness (QED) is 0.393. The van der Waals surface area contributed by atoms with Crippen molar-refractivity contribution in [2.24, 2.45) is 0 Å². The molecular formula is C23H25N3O4S. The van der Waals surface area contributed by atoms with E-state index in [0.717, 1.165) is 11.1 Å². The van der Waals surface area contributed by atoms with Crippen LogP contribution in [0.2, 0.25) is 0 Å². The maximum absolute atomic E-state index is 12.5. The number of hydrogen-bond donors (Lipinski definition) is 2. The van der Waals surface area contributed by atoms with Crippen molar-refractivity contribution in [1.82, 2.24) is 15.3 Å². The predicted molar refractivity (Wildman–Crippen MR) is 122 cm³/mol. The predicted octanol–water partition coefficient (Wildman–Crippen LogP) is 3.29. The van der Waals surface area contributed by atoms with Gasteiger partial charge in [0.2, 0.25) is 5.91 Å². The molecule has 0 aliphatic rings. The molecule has 3 aromatic rings. The normalized spacial score (nSPS) is 11.6. The SMILES string of the molecule is COc1ccc(CCNC(=O)C(C)Sc2nc(-c3ccccc3)cc(=O)[nH]2)cc1OC. The Balaban J connectivity index is 1.57. The second kappa shape index (κ2) is 10.7. The van der Waals surface area contributed by atoms with Crippen LogP contribution in [0.4, 0.5) is 0 Å². The molecule has 0 fully saturated rings. The van der Waals surface area contributed by atoms with Crippen molar-refractivity contribution in [2.45, 2.75) is 23.8 Å². The van der Waals surface area contributed by atoms with Crippen LogP contribution < -0.4 is 20.3 Å². The molecule has 0 saturated heterocycles. The van der Waals surface area contributed by atoms with Crippen LogP contribution in [0.3, 0.4) is 0 Å². The Kier molecular flexibility index (Phi) is 7.72. The summed E-state index contributed by atoms with van der Waals surface area (Å²) in [5, 5.41) is 2.92. The van der Waals surface area contributed by atoms with Gasteiger partial charge in [0.1, 0.15) is 0 Å². The molecule has 1 unspecified atom stereocenters. The molecule has 8 heteroatoms. The largest absolute Gasteiger partial charge is 0.493 e. The number of rotatable bonds is 9. The number of nitrogens with zero attached hydrogens (tertiary/aromatic N) is 1. The van der Waals surface area contributed by atoms with Gasteiger partial charge in [-0.05, 0) is 31.0 Å². The van der Waals surface area contributed by atoms with Gasteiger partial charge in [-0.2, -0.15) is 0 Å². The van der Waals surface area contributed by atoms with Gasteiger partial charge in [-0.25, -0.2) is 4.98 Å². The topological polar surface area (TPSA) is 93.3 Å². The number of benzene rings is 2. The number of amides is 1. The molecule has 1 atom stereocenters. The molecule has 31 heavy (non-hydrogen) atoms. The molecule has 0 spiro atoms. The fraction of sp³-hybridized carbons (Fsp3) is 0.261. The minimum Gasteiger partial charge on any atom is -0.493 e. The van der Waals surface area contributed by atoms with Crippen molar-refractivity contribution in [2.75, 3.05) is 20.8 Å². The molecule has 0 radical (unpaired) electrons. The van der Waals surface area contributed by atoms with Gasteiger partial charge in [-0.3, -0.25) is 9.59 Å². The van der Waals surface area contributed by atoms with Crippen molar-refractivity contribution < 1.29 is 14.3 Å². The second-order valence-electron chi connectivity index (χ2n) is 6.79. The second-order valence-corrected chi connectivity index (χ2v) is 8.12. The number of thioether (sulfide) groups is 1. The first-order valence-corrected chi connectivity index (χ1v) is 10.7. The minimum atomic E-state index is -0.417. The molecule has 1 amide bonds. The van der Waals surface area contributed by atoms with E-state index in [9.17, 15) is 9.59 Å². The monoisotopic (exact) mass is 439 g/mol. The summed E-state index contributed by atoms with van der Waals surface area (Å²) >= 11 is 1.22. The van der Waals surface area contributed by atoms with Crippen LogP contribution in [-0.2, 0) is 11.2 Å². The van der Waals surface area contributed by atoms with E-state index < -0.39 is 5.25 Å². The lowest BCUT2D eigenvalue weighted by atomic mass is 10.1. The van der Waals surface area contributed by atoms with Crippen LogP contribution in [0.25, 0.3) is 11.3 Å². The number of carbonyl (C=O) groups excluding carboxylic acids is 1. The lowest BCUT2D eigenvalue weighted by Crippen LogP contribution is -2.32. The average Bonchev–Trinajstić information content (AvgIpc) is 2.79. The molecule has 0 bridgehead atoms. The third-order valence-electron chi connectivity index (χ3n) is 4.61. The highest BCUT2D eigenvalue weighted by Gasteiger charge is 2.16. The van der Waals surface area contributed by atoms with Gasteiger partial charge in [0, 0.05) is 18.2 Å². The van der Waals surface area contributed by atoms with E-state index in [1.165, 1.54) is 17.8 Å². The van der Waals surface area contributed by atoms with E-state index in [1.54, 1.807) is 21.1 Å². The summed E-state index contributed by atoms with van der Waals surface area (Å²) in [5.74, 6) is 1.20. The Morgan fingerprint density at radius 3 is 2.55 bits per heavy atom. The summed E-state index contributed by atoms with van der Waals surface area (Å²) in [5.41, 5.74) is 2.20. The Morgan fingerprint density at radius 2 is 1.84 bits per heavy atom. The zero-order valence-electron chi connectivity index (χ0n) is 17.7. The molecule has 0 aliphatic carbocycles. The zero-order valence-corrected chi connectivity index (χ0v) is 18.5. The van der Waals surface area contributed by atoms with Crippen molar-refractivity contribution in [1.29, 1.82) is 0 Å². The summed E-state index contributed by atoms with van der Waals surface area (Å²) in [6.07, 6.45) is 0.655. The van der Waals surface area contributed by atoms with Gasteiger partial charge in [0.25, 0.3) is 5.56 Å². The maximum atomic E-state index is 12.5. The van der Waals surface area contributed by atoms with E-state index in [2.05, 4.69) is 15.3 Å². The molecule has 2 N–H and O–H groups in total. The highest BCUT2D eigenvalue weighted by molar-refractivity contribution is 8.00. The molecule has 162 valence electrons. The van der Waals surface area contributed by atoms with E-state index in [1.807, 2.05) is 48.5 Å². The standard InChI is InChI=1S/C23H25N3O4S/c1-15(22(28)24-12-11-16-9-10-19(29-2)20(13-16)30-3)31-23-25-18(14-21(27)26-23)17-7-5-4-6-8-17/h4-10,13-15H,11-12H2,1-3H3,(H,24,28)(H,25,26,27). The Labute approximate surface area is 185 Å². The minimum absolute atomic E-state index is 0.127. The summed E-state index contributed by atoms with van der Waals surface area (Å²) in [7, 11) is 3.18. The third-order valence-corrected chi connectivity index (χ3v) is 5.59. The first kappa shape index (κ1) is 22.4. The van der Waals surface area contributed by atoms with Gasteiger partial charge in [-0.1, -0.05) is 48.2 Å². The van der Waals surface area contributed by atoms with Gasteiger partial charge in [0.05, 0.1) is 25.2 Å². The Hall–Kier alpha value is -3.26. The molecule has 1 aromatic heterocycles. The van der Waals surface area contributed by atoms with E-state index in [4.69, 9.17) is 9.47 Å². The number of aromatic amines is 1. The molecule has 0 aliphatic heterocycles. The average molecular weight is 440 g/mol. The number of H-pyrrole nitrogens is 1. The number of hydrogen-bond acceptors (Lipinski definition) is 6. The summed E-state index contributed by atoms with van der Waals surface area (Å²) in [4.78, 5) is 31.7. The van der Waals surface area contributed by atoms with Gasteiger partial charge in [-0.15, -0.1) is 0 Å². The van der Waals surface area contributed by atoms with Gasteiger partial charge in [0.15, 0.2) is 16.7 Å². The van der Waals surface area contributed by atoms with Crippen LogP contribution in [0.15, 0.2) is 64.5 Å². The van der Waals surface area contributed by atoms with Gasteiger partial charge < -0.3 is 19.8 Å². The number of carbonyl (C=O) groups is 1. The number of aromatic nitrogens is 2. The Morgan fingerprint density at radius 1 is 1.10 bits per heavy atom. The van der Waals surface area contributed by atoms with Crippen molar-refractivity contribution in [3.05, 3.63) is 70.5 Å². The highest BCUT2D eigenvalue weighted by atomic mass is 32.2. The maximum Gasteiger partial charge on any atom is 0.252 e. The van der Waals surface area contributed by atoms with Crippen LogP contribution in [0.5, 0.6) is 11.5 Å². The number of ether oxygens (including phenoxy) is 2. The number of nitrogens with one attached hydrogen (secondary N) is 2. The lowest BCUT2D eigenvalue weighted by Gasteiger charge is -2.13. The Bertz CT molecular complexity index is 1090. The van der Waals surface area contributed by atoms with Crippen molar-refractivity contribution in [3.8, 4) is 22.8 Å². The van der Waals surface area contributed by atoms with E-state index in [-0.39, 0.29) is 11.5 Å². The molecule has 0 saturated carbocycles. The van der Waals surface area contributed by atoms with Crippen LogP contribution >= 0.6 is 11.8 Å². The number of methoxy groups -OCH3 is 2. The highest BCUT2D eigenvalue weighted by Crippen LogP contribution is 2.27. The molecule has 2 aromatic carbocycles. The summed E-state index contributed by atoms with van der Waals surface area (Å²) in [6, 6.07) is 16.6. The van der Waals surface area contributed by atoms with Crippen LogP contribution in [0, 0.1) is 0 Å². The summed E-state index contributed by atoms with van der Waals surface area (Å²) < 4.78 is 10.5. The first-order chi connectivity index (χ1) is 15.0. The van der Waals surface area contributed by atoms with Crippen LogP contribution in [-0.4, -0.2) is 41.9 Å². The molecule has 1 heterocycles. The fourth-order valence-corrected chi connectivity index (χ4v) is 3.81. The third kappa shape index (κ3) is 6.11. The smallest absolute Gasteiger partial charge is 0.252 e. The first-order valence-electron chi connectivity index (χ1n) is 9.82. The van der Waals surface area contributed by atoms with Crippen molar-refractivity contribution in [3.63, 3.8) is 0 Å². The molecule has 3 rings (SSSR count). The summed E-state index contributed by atoms with van der Waals surface area (Å²) in [6.45, 7) is 2.26.